The number of hydrogen-bond acceptors (Lipinski definition) is 2. The van der Waals surface area contributed by atoms with Crippen LogP contribution in [0.5, 0.6) is 0 Å². The van der Waals surface area contributed by atoms with Crippen molar-refractivity contribution in [1.82, 2.24) is 4.90 Å². The average molecular weight is 179 g/mol. The zero-order chi connectivity index (χ0) is 9.35. The van der Waals surface area contributed by atoms with Gasteiger partial charge in [-0.05, 0) is 0 Å². The highest BCUT2D eigenvalue weighted by Gasteiger charge is 2.45. The van der Waals surface area contributed by atoms with E-state index in [-0.39, 0.29) is 0 Å². The molecule has 1 fully saturated rings. The van der Waals surface area contributed by atoms with Gasteiger partial charge in [-0.2, -0.15) is 0 Å². The van der Waals surface area contributed by atoms with Crippen molar-refractivity contribution in [3.63, 3.8) is 0 Å². The largest absolute Gasteiger partial charge is 0.394 e. The van der Waals surface area contributed by atoms with Gasteiger partial charge in [-0.3, -0.25) is 5.41 Å². The molecular weight excluding hydrogens is 168 g/mol. The Morgan fingerprint density at radius 3 is 2.67 bits per heavy atom. The third-order valence-electron chi connectivity index (χ3n) is 1.90. The van der Waals surface area contributed by atoms with Crippen LogP contribution in [-0.4, -0.2) is 41.1 Å². The van der Waals surface area contributed by atoms with E-state index >= 15 is 0 Å². The minimum absolute atomic E-state index is 0.394. The first kappa shape index (κ1) is 9.18. The lowest BCUT2D eigenvalue weighted by Gasteiger charge is -2.21. The molecule has 6 heteroatoms. The second-order valence-electron chi connectivity index (χ2n) is 2.91. The van der Waals surface area contributed by atoms with Crippen LogP contribution in [0.3, 0.4) is 0 Å². The van der Waals surface area contributed by atoms with E-state index in [4.69, 9.17) is 16.2 Å². The molecule has 0 aromatic carbocycles. The summed E-state index contributed by atoms with van der Waals surface area (Å²) in [6, 6.07) is -0.711. The topological polar surface area (TPSA) is 73.3 Å². The second-order valence-corrected chi connectivity index (χ2v) is 2.91. The van der Waals surface area contributed by atoms with Gasteiger partial charge in [-0.25, -0.2) is 8.78 Å². The van der Waals surface area contributed by atoms with Crippen LogP contribution in [0.4, 0.5) is 8.78 Å². The Labute approximate surface area is 68.5 Å². The fourth-order valence-corrected chi connectivity index (χ4v) is 1.34. The summed E-state index contributed by atoms with van der Waals surface area (Å²) in [5.41, 5.74) is 5.05. The maximum Gasteiger partial charge on any atom is 0.267 e. The van der Waals surface area contributed by atoms with Crippen LogP contribution in [0.1, 0.15) is 6.42 Å². The summed E-state index contributed by atoms with van der Waals surface area (Å²) >= 11 is 0. The number of nitrogens with zero attached hydrogens (tertiary/aromatic N) is 1. The number of hydrogen-bond donors (Lipinski definition) is 3. The lowest BCUT2D eigenvalue weighted by atomic mass is 10.2. The van der Waals surface area contributed by atoms with Crippen LogP contribution in [0.25, 0.3) is 0 Å². The van der Waals surface area contributed by atoms with Crippen molar-refractivity contribution in [2.75, 3.05) is 13.2 Å². The van der Waals surface area contributed by atoms with E-state index < -0.39 is 37.5 Å². The summed E-state index contributed by atoms with van der Waals surface area (Å²) in [5.74, 6) is -3.25. The number of likely N-dealkylation sites (tertiary alicyclic amines) is 1. The second kappa shape index (κ2) is 2.85. The number of alkyl halides is 2. The monoisotopic (exact) mass is 179 g/mol. The molecule has 1 aliphatic rings. The fraction of sp³-hybridized carbons (Fsp3) is 0.833. The maximum atomic E-state index is 12.7. The van der Waals surface area contributed by atoms with Crippen LogP contribution in [-0.2, 0) is 0 Å². The van der Waals surface area contributed by atoms with Crippen LogP contribution in [0, 0.1) is 5.41 Å². The van der Waals surface area contributed by atoms with E-state index in [1.165, 1.54) is 0 Å². The van der Waals surface area contributed by atoms with Gasteiger partial charge in [0.25, 0.3) is 5.92 Å². The zero-order valence-electron chi connectivity index (χ0n) is 6.43. The molecular formula is C6H11F2N3O. The number of nitrogens with two attached hydrogens (primary N) is 1. The van der Waals surface area contributed by atoms with Crippen molar-refractivity contribution >= 4 is 5.96 Å². The van der Waals surface area contributed by atoms with Crippen LogP contribution < -0.4 is 5.73 Å². The normalized spacial score (nSPS) is 27.6. The van der Waals surface area contributed by atoms with Crippen LogP contribution in [0.15, 0.2) is 0 Å². The van der Waals surface area contributed by atoms with Crippen molar-refractivity contribution in [2.45, 2.75) is 18.4 Å². The van der Waals surface area contributed by atoms with Crippen molar-refractivity contribution in [2.24, 2.45) is 5.73 Å². The molecule has 0 saturated carbocycles. The Bertz CT molecular complexity index is 197. The summed E-state index contributed by atoms with van der Waals surface area (Å²) in [7, 11) is 0. The van der Waals surface area contributed by atoms with Gasteiger partial charge in [-0.15, -0.1) is 0 Å². The molecule has 1 aliphatic heterocycles. The lowest BCUT2D eigenvalue weighted by molar-refractivity contribution is 0.0155. The Morgan fingerprint density at radius 1 is 1.75 bits per heavy atom. The van der Waals surface area contributed by atoms with Crippen LogP contribution in [0.2, 0.25) is 0 Å². The predicted octanol–water partition coefficient (Wildman–Crippen LogP) is -0.418. The summed E-state index contributed by atoms with van der Waals surface area (Å²) in [5, 5.41) is 15.7. The predicted molar refractivity (Wildman–Crippen MR) is 39.1 cm³/mol. The van der Waals surface area contributed by atoms with Gasteiger partial charge in [-0.1, -0.05) is 0 Å². The van der Waals surface area contributed by atoms with Crippen molar-refractivity contribution in [3.05, 3.63) is 0 Å². The molecule has 1 saturated heterocycles. The van der Waals surface area contributed by atoms with Crippen molar-refractivity contribution in [3.8, 4) is 0 Å². The van der Waals surface area contributed by atoms with Gasteiger partial charge < -0.3 is 15.7 Å². The molecule has 0 spiro atoms. The highest BCUT2D eigenvalue weighted by molar-refractivity contribution is 5.75. The van der Waals surface area contributed by atoms with Crippen LogP contribution >= 0.6 is 0 Å². The number of aliphatic hydroxyl groups is 1. The molecule has 4 N–H and O–H groups in total. The molecule has 0 aromatic rings. The first-order valence-corrected chi connectivity index (χ1v) is 3.55. The summed E-state index contributed by atoms with van der Waals surface area (Å²) in [6.45, 7) is -0.956. The number of halogens is 2. The molecule has 4 nitrogen and oxygen atoms in total. The van der Waals surface area contributed by atoms with Gasteiger partial charge >= 0.3 is 0 Å². The van der Waals surface area contributed by atoms with E-state index in [0.717, 1.165) is 4.90 Å². The average Bonchev–Trinajstić information content (AvgIpc) is 2.25. The molecule has 70 valence electrons. The van der Waals surface area contributed by atoms with Gasteiger partial charge in [0.2, 0.25) is 0 Å². The third kappa shape index (κ3) is 1.63. The van der Waals surface area contributed by atoms with Gasteiger partial charge in [0, 0.05) is 6.42 Å². The summed E-state index contributed by atoms with van der Waals surface area (Å²) in [6.07, 6.45) is -0.428. The number of guanidine groups is 1. The fourth-order valence-electron chi connectivity index (χ4n) is 1.34. The minimum Gasteiger partial charge on any atom is -0.394 e. The van der Waals surface area contributed by atoms with E-state index in [1.54, 1.807) is 0 Å². The molecule has 1 unspecified atom stereocenters. The highest BCUT2D eigenvalue weighted by Crippen LogP contribution is 2.31. The molecule has 1 atom stereocenters. The molecule has 0 aromatic heterocycles. The highest BCUT2D eigenvalue weighted by atomic mass is 19.3. The van der Waals surface area contributed by atoms with Gasteiger partial charge in [0.05, 0.1) is 19.2 Å². The van der Waals surface area contributed by atoms with E-state index in [2.05, 4.69) is 0 Å². The lowest BCUT2D eigenvalue weighted by Crippen LogP contribution is -2.42. The standard InChI is InChI=1S/C6H11F2N3O/c7-6(8)1-4(2-12)11(3-6)5(9)10/h4,12H,1-3H2,(H3,9,10). The smallest absolute Gasteiger partial charge is 0.267 e. The maximum absolute atomic E-state index is 12.7. The first-order valence-electron chi connectivity index (χ1n) is 3.55. The Kier molecular flexibility index (Phi) is 2.18. The minimum atomic E-state index is -2.83. The SMILES string of the molecule is N=C(N)N1CC(F)(F)CC1CO. The van der Waals surface area contributed by atoms with E-state index in [0.29, 0.717) is 0 Å². The molecule has 0 radical (unpaired) electrons. The van der Waals surface area contributed by atoms with E-state index in [1.807, 2.05) is 0 Å². The number of aliphatic hydroxyl groups excluding tert-OH is 1. The molecule has 0 aliphatic carbocycles. The summed E-state index contributed by atoms with van der Waals surface area (Å²) in [4.78, 5) is 1.01. The molecule has 12 heavy (non-hydrogen) atoms. The molecule has 0 bridgehead atoms. The Hall–Kier alpha value is -0.910. The van der Waals surface area contributed by atoms with Gasteiger partial charge in [0.1, 0.15) is 0 Å². The Balaban J connectivity index is 2.69. The van der Waals surface area contributed by atoms with Gasteiger partial charge in [0.15, 0.2) is 5.96 Å². The number of rotatable bonds is 1. The summed E-state index contributed by atoms with van der Waals surface area (Å²) < 4.78 is 25.4. The molecule has 0 amide bonds. The zero-order valence-corrected chi connectivity index (χ0v) is 6.43. The van der Waals surface area contributed by atoms with Crippen molar-refractivity contribution in [1.29, 1.82) is 5.41 Å². The first-order chi connectivity index (χ1) is 5.46. The van der Waals surface area contributed by atoms with Crippen molar-refractivity contribution < 1.29 is 13.9 Å². The quantitative estimate of drug-likeness (QED) is 0.378. The molecule has 1 heterocycles. The molecule has 1 rings (SSSR count). The number of nitrogens with one attached hydrogen (secondary N) is 1. The third-order valence-corrected chi connectivity index (χ3v) is 1.90. The van der Waals surface area contributed by atoms with E-state index in [9.17, 15) is 8.78 Å². The Morgan fingerprint density at radius 2 is 2.33 bits per heavy atom.